The van der Waals surface area contributed by atoms with Crippen LogP contribution in [0.5, 0.6) is 0 Å². The fraction of sp³-hybridized carbons (Fsp3) is 0.864. The maximum atomic E-state index is 12.4. The summed E-state index contributed by atoms with van der Waals surface area (Å²) >= 11 is 0. The smallest absolute Gasteiger partial charge is 0.328 e. The highest BCUT2D eigenvalue weighted by Crippen LogP contribution is 2.14. The minimum absolute atomic E-state index is 0.0201. The number of aliphatic hydroxyl groups is 1. The van der Waals surface area contributed by atoms with Gasteiger partial charge in [0.1, 0.15) is 0 Å². The second-order valence-corrected chi connectivity index (χ2v) is 7.84. The molecule has 4 N–H and O–H groups in total. The number of carbonyl (C=O) groups is 3. The zero-order chi connectivity index (χ0) is 22.6. The van der Waals surface area contributed by atoms with Crippen molar-refractivity contribution >= 4 is 17.8 Å². The number of hydrazine groups is 1. The molecule has 0 saturated heterocycles. The third-order valence-corrected chi connectivity index (χ3v) is 5.12. The lowest BCUT2D eigenvalue weighted by molar-refractivity contribution is -0.157. The van der Waals surface area contributed by atoms with Gasteiger partial charge in [-0.15, -0.1) is 0 Å². The summed E-state index contributed by atoms with van der Waals surface area (Å²) < 4.78 is 0. The first kappa shape index (κ1) is 28.3. The molecule has 176 valence electrons. The molecule has 8 heteroatoms. The molecule has 0 bridgehead atoms. The number of rotatable bonds is 21. The number of hydrogen-bond acceptors (Lipinski definition) is 5. The Hall–Kier alpha value is -1.67. The van der Waals surface area contributed by atoms with Gasteiger partial charge in [0.05, 0.1) is 13.0 Å². The Bertz CT molecular complexity index is 473. The van der Waals surface area contributed by atoms with Crippen molar-refractivity contribution in [1.29, 1.82) is 0 Å². The molecule has 0 aliphatic carbocycles. The molecule has 0 aromatic rings. The molecule has 0 aliphatic rings. The SMILES string of the molecule is CCCCCCCCCCCCCCCC(=O)N(NCCO)[C@@H](CC(=O)O)C(=O)O. The normalized spacial score (nSPS) is 11.9. The van der Waals surface area contributed by atoms with Gasteiger partial charge >= 0.3 is 11.9 Å². The van der Waals surface area contributed by atoms with Crippen molar-refractivity contribution in [2.45, 2.75) is 109 Å². The van der Waals surface area contributed by atoms with Gasteiger partial charge in [0, 0.05) is 13.0 Å². The highest BCUT2D eigenvalue weighted by molar-refractivity contribution is 5.86. The van der Waals surface area contributed by atoms with Gasteiger partial charge < -0.3 is 15.3 Å². The number of nitrogens with zero attached hydrogens (tertiary/aromatic N) is 1. The molecule has 0 fully saturated rings. The lowest BCUT2D eigenvalue weighted by Gasteiger charge is -2.28. The standard InChI is InChI=1S/C22H42N2O6/c1-2-3-4-5-6-7-8-9-10-11-12-13-14-15-20(26)24(23-16-17-25)19(22(29)30)18-21(27)28/h19,23,25H,2-18H2,1H3,(H,27,28)(H,29,30)/t19-/m0/s1. The van der Waals surface area contributed by atoms with Gasteiger partial charge in [0.2, 0.25) is 5.91 Å². The molecule has 0 aliphatic heterocycles. The summed E-state index contributed by atoms with van der Waals surface area (Å²) in [6, 6.07) is -1.50. The molecule has 30 heavy (non-hydrogen) atoms. The predicted molar refractivity (Wildman–Crippen MR) is 116 cm³/mol. The lowest BCUT2D eigenvalue weighted by atomic mass is 10.0. The molecule has 0 aromatic heterocycles. The van der Waals surface area contributed by atoms with Crippen molar-refractivity contribution < 1.29 is 29.7 Å². The van der Waals surface area contributed by atoms with E-state index in [9.17, 15) is 19.5 Å². The van der Waals surface area contributed by atoms with Gasteiger partial charge in [-0.1, -0.05) is 84.0 Å². The Balaban J connectivity index is 4.00. The third-order valence-electron chi connectivity index (χ3n) is 5.12. The number of unbranched alkanes of at least 4 members (excludes halogenated alkanes) is 12. The molecule has 1 atom stereocenters. The summed E-state index contributed by atoms with van der Waals surface area (Å²) in [6.45, 7) is 1.92. The van der Waals surface area contributed by atoms with E-state index in [0.717, 1.165) is 24.3 Å². The van der Waals surface area contributed by atoms with Crippen LogP contribution < -0.4 is 5.43 Å². The number of aliphatic carboxylic acids is 2. The van der Waals surface area contributed by atoms with Gasteiger partial charge in [-0.3, -0.25) is 14.6 Å². The molecule has 0 saturated carbocycles. The Kier molecular flexibility index (Phi) is 18.2. The second-order valence-electron chi connectivity index (χ2n) is 7.84. The minimum atomic E-state index is -1.50. The molecule has 0 heterocycles. The van der Waals surface area contributed by atoms with E-state index >= 15 is 0 Å². The second kappa shape index (κ2) is 19.3. The summed E-state index contributed by atoms with van der Waals surface area (Å²) in [6.07, 6.45) is 14.9. The summed E-state index contributed by atoms with van der Waals surface area (Å²) in [5.74, 6) is -3.14. The van der Waals surface area contributed by atoms with Gasteiger partial charge in [-0.05, 0) is 6.42 Å². The summed E-state index contributed by atoms with van der Waals surface area (Å²) in [5.41, 5.74) is 2.54. The maximum absolute atomic E-state index is 12.4. The van der Waals surface area contributed by atoms with E-state index in [1.54, 1.807) is 0 Å². The number of hydrogen-bond donors (Lipinski definition) is 4. The number of carbonyl (C=O) groups excluding carboxylic acids is 1. The van der Waals surface area contributed by atoms with E-state index < -0.39 is 30.3 Å². The average molecular weight is 431 g/mol. The van der Waals surface area contributed by atoms with Crippen molar-refractivity contribution in [2.24, 2.45) is 0 Å². The van der Waals surface area contributed by atoms with Crippen LogP contribution in [0.2, 0.25) is 0 Å². The van der Waals surface area contributed by atoms with E-state index in [2.05, 4.69) is 12.3 Å². The number of carboxylic acid groups (broad SMARTS) is 2. The monoisotopic (exact) mass is 430 g/mol. The number of aliphatic hydroxyl groups excluding tert-OH is 1. The molecule has 0 spiro atoms. The van der Waals surface area contributed by atoms with Crippen molar-refractivity contribution in [3.8, 4) is 0 Å². The van der Waals surface area contributed by atoms with E-state index in [0.29, 0.717) is 6.42 Å². The zero-order valence-corrected chi connectivity index (χ0v) is 18.6. The van der Waals surface area contributed by atoms with Crippen molar-refractivity contribution in [3.05, 3.63) is 0 Å². The van der Waals surface area contributed by atoms with Gasteiger partial charge in [0.15, 0.2) is 6.04 Å². The molecule has 0 rings (SSSR count). The Morgan fingerprint density at radius 3 is 1.67 bits per heavy atom. The van der Waals surface area contributed by atoms with Crippen LogP contribution in [0, 0.1) is 0 Å². The first-order valence-electron chi connectivity index (χ1n) is 11.5. The summed E-state index contributed by atoms with van der Waals surface area (Å²) in [7, 11) is 0. The van der Waals surface area contributed by atoms with Crippen LogP contribution in [0.4, 0.5) is 0 Å². The van der Waals surface area contributed by atoms with Gasteiger partial charge in [0.25, 0.3) is 0 Å². The number of carboxylic acids is 2. The highest BCUT2D eigenvalue weighted by Gasteiger charge is 2.31. The van der Waals surface area contributed by atoms with Crippen LogP contribution in [0.25, 0.3) is 0 Å². The van der Waals surface area contributed by atoms with Crippen molar-refractivity contribution in [1.82, 2.24) is 10.4 Å². The van der Waals surface area contributed by atoms with Crippen LogP contribution in [-0.2, 0) is 14.4 Å². The number of amides is 1. The molecule has 8 nitrogen and oxygen atoms in total. The highest BCUT2D eigenvalue weighted by atomic mass is 16.4. The Labute approximate surface area is 181 Å². The van der Waals surface area contributed by atoms with E-state index in [-0.39, 0.29) is 19.6 Å². The quantitative estimate of drug-likeness (QED) is 0.161. The molecule has 0 unspecified atom stereocenters. The lowest BCUT2D eigenvalue weighted by Crippen LogP contribution is -2.54. The summed E-state index contributed by atoms with van der Waals surface area (Å²) in [5, 5.41) is 28.0. The van der Waals surface area contributed by atoms with Crippen molar-refractivity contribution in [3.63, 3.8) is 0 Å². The topological polar surface area (TPSA) is 127 Å². The van der Waals surface area contributed by atoms with Gasteiger partial charge in [-0.25, -0.2) is 10.2 Å². The predicted octanol–water partition coefficient (Wildman–Crippen LogP) is 3.72. The van der Waals surface area contributed by atoms with E-state index in [4.69, 9.17) is 10.2 Å². The number of nitrogens with one attached hydrogen (secondary N) is 1. The van der Waals surface area contributed by atoms with Crippen LogP contribution in [-0.4, -0.2) is 57.4 Å². The van der Waals surface area contributed by atoms with Crippen LogP contribution in [0.3, 0.4) is 0 Å². The minimum Gasteiger partial charge on any atom is -0.481 e. The first-order chi connectivity index (χ1) is 14.4. The fourth-order valence-electron chi connectivity index (χ4n) is 3.41. The van der Waals surface area contributed by atoms with Crippen LogP contribution in [0.1, 0.15) is 103 Å². The fourth-order valence-corrected chi connectivity index (χ4v) is 3.41. The van der Waals surface area contributed by atoms with Crippen LogP contribution in [0.15, 0.2) is 0 Å². The van der Waals surface area contributed by atoms with E-state index in [1.165, 1.54) is 57.8 Å². The zero-order valence-electron chi connectivity index (χ0n) is 18.6. The Morgan fingerprint density at radius 1 is 0.800 bits per heavy atom. The van der Waals surface area contributed by atoms with Crippen LogP contribution >= 0.6 is 0 Å². The summed E-state index contributed by atoms with van der Waals surface area (Å²) in [4.78, 5) is 34.7. The largest absolute Gasteiger partial charge is 0.481 e. The average Bonchev–Trinajstić information content (AvgIpc) is 2.70. The van der Waals surface area contributed by atoms with Crippen molar-refractivity contribution in [2.75, 3.05) is 13.2 Å². The molecular formula is C22H42N2O6. The van der Waals surface area contributed by atoms with Gasteiger partial charge in [-0.2, -0.15) is 0 Å². The molecule has 1 amide bonds. The van der Waals surface area contributed by atoms with E-state index in [1.807, 2.05) is 0 Å². The molecule has 0 radical (unpaired) electrons. The molecular weight excluding hydrogens is 388 g/mol. The first-order valence-corrected chi connectivity index (χ1v) is 11.5. The molecule has 0 aromatic carbocycles. The Morgan fingerprint density at radius 2 is 1.27 bits per heavy atom. The third kappa shape index (κ3) is 15.2. The maximum Gasteiger partial charge on any atom is 0.328 e.